The second-order valence-electron chi connectivity index (χ2n) is 2.43. The average Bonchev–Trinajstić information content (AvgIpc) is 2.19. The Morgan fingerprint density at radius 1 is 1.38 bits per heavy atom. The Labute approximate surface area is 86.6 Å². The second kappa shape index (κ2) is 5.63. The van der Waals surface area contributed by atoms with Crippen molar-refractivity contribution in [3.05, 3.63) is 29.8 Å². The normalized spacial score (nSPS) is 8.77. The highest BCUT2D eigenvalue weighted by atomic mass is 79.9. The van der Waals surface area contributed by atoms with E-state index in [9.17, 15) is 0 Å². The topological polar surface area (TPSA) is 38.0 Å². The maximum atomic E-state index is 5.33. The Balaban J connectivity index is 2.82. The fourth-order valence-electron chi connectivity index (χ4n) is 0.923. The summed E-state index contributed by atoms with van der Waals surface area (Å²) < 4.78 is 0. The molecule has 0 saturated heterocycles. The first kappa shape index (κ1) is 10.1. The molecule has 0 aromatic heterocycles. The molecule has 0 bridgehead atoms. The summed E-state index contributed by atoms with van der Waals surface area (Å²) in [6.07, 6.45) is 0.846. The van der Waals surface area contributed by atoms with E-state index in [0.29, 0.717) is 0 Å². The molecule has 0 aliphatic carbocycles. The zero-order valence-electron chi connectivity index (χ0n) is 7.18. The molecule has 0 aliphatic rings. The maximum Gasteiger partial charge on any atom is 0.0641 e. The third-order valence-electron chi connectivity index (χ3n) is 1.53. The number of nitrogens with one attached hydrogen (secondary N) is 1. The number of rotatable bonds is 2. The summed E-state index contributed by atoms with van der Waals surface area (Å²) in [5.74, 6) is 11.4. The van der Waals surface area contributed by atoms with Crippen LogP contribution in [0.25, 0.3) is 0 Å². The van der Waals surface area contributed by atoms with Crippen molar-refractivity contribution >= 4 is 21.6 Å². The van der Waals surface area contributed by atoms with Gasteiger partial charge in [0.25, 0.3) is 0 Å². The molecular weight excluding hydrogens is 228 g/mol. The summed E-state index contributed by atoms with van der Waals surface area (Å²) in [7, 11) is 0. The standard InChI is InChI=1S/C10H11BrN2/c11-8-4-3-6-9-5-1-2-7-10(9)13-12/h1-2,5,7,13H,4,8,12H2. The van der Waals surface area contributed by atoms with Crippen molar-refractivity contribution in [2.75, 3.05) is 10.8 Å². The van der Waals surface area contributed by atoms with E-state index < -0.39 is 0 Å². The summed E-state index contributed by atoms with van der Waals surface area (Å²) >= 11 is 3.32. The van der Waals surface area contributed by atoms with Crippen LogP contribution in [0.15, 0.2) is 24.3 Å². The van der Waals surface area contributed by atoms with E-state index in [-0.39, 0.29) is 0 Å². The van der Waals surface area contributed by atoms with Crippen LogP contribution in [0.1, 0.15) is 12.0 Å². The predicted octanol–water partition coefficient (Wildman–Crippen LogP) is 2.11. The van der Waals surface area contributed by atoms with Crippen LogP contribution < -0.4 is 11.3 Å². The maximum absolute atomic E-state index is 5.33. The van der Waals surface area contributed by atoms with Gasteiger partial charge >= 0.3 is 0 Å². The summed E-state index contributed by atoms with van der Waals surface area (Å²) in [4.78, 5) is 0. The minimum Gasteiger partial charge on any atom is -0.323 e. The Hall–Kier alpha value is -0.980. The highest BCUT2D eigenvalue weighted by Crippen LogP contribution is 2.11. The van der Waals surface area contributed by atoms with Gasteiger partial charge in [0.05, 0.1) is 5.69 Å². The largest absolute Gasteiger partial charge is 0.323 e. The van der Waals surface area contributed by atoms with Gasteiger partial charge in [-0.15, -0.1) is 0 Å². The van der Waals surface area contributed by atoms with Gasteiger partial charge in [0, 0.05) is 17.3 Å². The molecule has 0 unspecified atom stereocenters. The van der Waals surface area contributed by atoms with Gasteiger partial charge in [-0.25, -0.2) is 0 Å². The molecule has 0 saturated carbocycles. The lowest BCUT2D eigenvalue weighted by atomic mass is 10.2. The van der Waals surface area contributed by atoms with Crippen LogP contribution in [0.3, 0.4) is 0 Å². The van der Waals surface area contributed by atoms with Crippen molar-refractivity contribution in [1.29, 1.82) is 0 Å². The molecule has 0 spiro atoms. The SMILES string of the molecule is NNc1ccccc1C#CCCBr. The quantitative estimate of drug-likeness (QED) is 0.359. The first-order valence-corrected chi connectivity index (χ1v) is 5.11. The van der Waals surface area contributed by atoms with Gasteiger partial charge in [-0.05, 0) is 12.1 Å². The summed E-state index contributed by atoms with van der Waals surface area (Å²) in [5, 5.41) is 0.901. The molecule has 68 valence electrons. The molecule has 0 radical (unpaired) electrons. The molecule has 13 heavy (non-hydrogen) atoms. The van der Waals surface area contributed by atoms with Crippen molar-refractivity contribution in [2.24, 2.45) is 5.84 Å². The smallest absolute Gasteiger partial charge is 0.0641 e. The van der Waals surface area contributed by atoms with E-state index >= 15 is 0 Å². The van der Waals surface area contributed by atoms with Crippen LogP contribution in [0.4, 0.5) is 5.69 Å². The molecule has 0 heterocycles. The molecule has 1 aromatic rings. The number of anilines is 1. The van der Waals surface area contributed by atoms with E-state index in [2.05, 4.69) is 33.2 Å². The van der Waals surface area contributed by atoms with Crippen molar-refractivity contribution in [2.45, 2.75) is 6.42 Å². The second-order valence-corrected chi connectivity index (χ2v) is 3.22. The number of nitrogen functional groups attached to an aromatic ring is 1. The van der Waals surface area contributed by atoms with E-state index in [1.54, 1.807) is 0 Å². The fourth-order valence-corrected chi connectivity index (χ4v) is 1.12. The van der Waals surface area contributed by atoms with E-state index in [1.807, 2.05) is 24.3 Å². The van der Waals surface area contributed by atoms with E-state index in [4.69, 9.17) is 5.84 Å². The van der Waals surface area contributed by atoms with Gasteiger partial charge in [-0.2, -0.15) is 0 Å². The minimum atomic E-state index is 0.846. The van der Waals surface area contributed by atoms with Gasteiger partial charge in [-0.1, -0.05) is 39.9 Å². The number of alkyl halides is 1. The lowest BCUT2D eigenvalue weighted by Crippen LogP contribution is -2.07. The minimum absolute atomic E-state index is 0.846. The third kappa shape index (κ3) is 3.10. The summed E-state index contributed by atoms with van der Waals surface area (Å²) in [6.45, 7) is 0. The van der Waals surface area contributed by atoms with Gasteiger partial charge in [0.1, 0.15) is 0 Å². The Bertz CT molecular complexity index is 325. The van der Waals surface area contributed by atoms with Crippen LogP contribution in [0, 0.1) is 11.8 Å². The van der Waals surface area contributed by atoms with Gasteiger partial charge in [0.2, 0.25) is 0 Å². The van der Waals surface area contributed by atoms with Crippen molar-refractivity contribution < 1.29 is 0 Å². The molecule has 1 aromatic carbocycles. The number of nitrogens with two attached hydrogens (primary N) is 1. The molecule has 3 heteroatoms. The molecule has 0 amide bonds. The lowest BCUT2D eigenvalue weighted by molar-refractivity contribution is 1.31. The number of hydrazine groups is 1. The van der Waals surface area contributed by atoms with Gasteiger partial charge in [0.15, 0.2) is 0 Å². The van der Waals surface area contributed by atoms with Crippen molar-refractivity contribution in [3.63, 3.8) is 0 Å². The van der Waals surface area contributed by atoms with E-state index in [1.165, 1.54) is 0 Å². The Morgan fingerprint density at radius 3 is 2.85 bits per heavy atom. The summed E-state index contributed by atoms with van der Waals surface area (Å²) in [6, 6.07) is 7.71. The van der Waals surface area contributed by atoms with Gasteiger partial charge < -0.3 is 5.43 Å². The fraction of sp³-hybridized carbons (Fsp3) is 0.200. The highest BCUT2D eigenvalue weighted by molar-refractivity contribution is 9.09. The molecule has 3 N–H and O–H groups in total. The van der Waals surface area contributed by atoms with E-state index in [0.717, 1.165) is 23.0 Å². The monoisotopic (exact) mass is 238 g/mol. The molecule has 0 fully saturated rings. The molecule has 2 nitrogen and oxygen atoms in total. The molecular formula is C10H11BrN2. The van der Waals surface area contributed by atoms with Crippen LogP contribution in [-0.4, -0.2) is 5.33 Å². The molecule has 1 rings (SSSR count). The Morgan fingerprint density at radius 2 is 2.15 bits per heavy atom. The number of halogens is 1. The zero-order valence-corrected chi connectivity index (χ0v) is 8.76. The molecule has 0 aliphatic heterocycles. The number of benzene rings is 1. The van der Waals surface area contributed by atoms with Gasteiger partial charge in [-0.3, -0.25) is 5.84 Å². The lowest BCUT2D eigenvalue weighted by Gasteiger charge is -2.01. The number of hydrogen-bond donors (Lipinski definition) is 2. The summed E-state index contributed by atoms with van der Waals surface area (Å²) in [5.41, 5.74) is 4.41. The van der Waals surface area contributed by atoms with Crippen molar-refractivity contribution in [1.82, 2.24) is 0 Å². The predicted molar refractivity (Wildman–Crippen MR) is 59.5 cm³/mol. The number of para-hydroxylation sites is 1. The highest BCUT2D eigenvalue weighted by Gasteiger charge is 1.93. The molecule has 0 atom stereocenters. The van der Waals surface area contributed by atoms with Crippen LogP contribution in [0.5, 0.6) is 0 Å². The van der Waals surface area contributed by atoms with Crippen LogP contribution in [-0.2, 0) is 0 Å². The van der Waals surface area contributed by atoms with Crippen LogP contribution in [0.2, 0.25) is 0 Å². The first-order valence-electron chi connectivity index (χ1n) is 3.99. The van der Waals surface area contributed by atoms with Crippen molar-refractivity contribution in [3.8, 4) is 11.8 Å². The number of hydrogen-bond acceptors (Lipinski definition) is 2. The first-order chi connectivity index (χ1) is 6.38. The third-order valence-corrected chi connectivity index (χ3v) is 1.92. The van der Waals surface area contributed by atoms with Crippen LogP contribution >= 0.6 is 15.9 Å². The average molecular weight is 239 g/mol. The Kier molecular flexibility index (Phi) is 4.37. The zero-order chi connectivity index (χ0) is 9.52.